The van der Waals surface area contributed by atoms with Gasteiger partial charge in [0.2, 0.25) is 0 Å². The van der Waals surface area contributed by atoms with Gasteiger partial charge >= 0.3 is 12.3 Å². The molecule has 0 spiro atoms. The van der Waals surface area contributed by atoms with E-state index in [0.29, 0.717) is 25.2 Å². The highest BCUT2D eigenvalue weighted by molar-refractivity contribution is 5.68. The van der Waals surface area contributed by atoms with Gasteiger partial charge in [-0.2, -0.15) is 13.2 Å². The SMILES string of the molecule is CC(C)(C)OC(=O)N1CCN[C@@H](c2ccc(C(F)(F)F)cc2)C1. The van der Waals surface area contributed by atoms with E-state index in [9.17, 15) is 18.0 Å². The Kier molecular flexibility index (Phi) is 4.89. The molecule has 0 saturated carbocycles. The summed E-state index contributed by atoms with van der Waals surface area (Å²) < 4.78 is 43.1. The van der Waals surface area contributed by atoms with Crippen molar-refractivity contribution in [2.75, 3.05) is 19.6 Å². The van der Waals surface area contributed by atoms with E-state index in [-0.39, 0.29) is 6.04 Å². The van der Waals surface area contributed by atoms with Crippen LogP contribution in [-0.2, 0) is 10.9 Å². The number of piperazine rings is 1. The molecule has 23 heavy (non-hydrogen) atoms. The Hall–Kier alpha value is -1.76. The molecule has 1 amide bonds. The van der Waals surface area contributed by atoms with E-state index in [1.54, 1.807) is 25.7 Å². The first-order chi connectivity index (χ1) is 10.6. The zero-order valence-electron chi connectivity index (χ0n) is 13.4. The second-order valence-electron chi connectivity index (χ2n) is 6.55. The molecule has 1 aromatic rings. The molecule has 1 heterocycles. The monoisotopic (exact) mass is 330 g/mol. The van der Waals surface area contributed by atoms with Crippen LogP contribution in [0.15, 0.2) is 24.3 Å². The van der Waals surface area contributed by atoms with Gasteiger partial charge in [0.1, 0.15) is 5.60 Å². The van der Waals surface area contributed by atoms with Crippen LogP contribution in [0.3, 0.4) is 0 Å². The highest BCUT2D eigenvalue weighted by Gasteiger charge is 2.31. The van der Waals surface area contributed by atoms with Crippen LogP contribution in [-0.4, -0.2) is 36.2 Å². The Bertz CT molecular complexity index is 550. The van der Waals surface area contributed by atoms with Crippen LogP contribution in [0.25, 0.3) is 0 Å². The van der Waals surface area contributed by atoms with Crippen molar-refractivity contribution in [1.29, 1.82) is 0 Å². The zero-order valence-corrected chi connectivity index (χ0v) is 13.4. The molecule has 1 aliphatic heterocycles. The van der Waals surface area contributed by atoms with Gasteiger partial charge in [-0.05, 0) is 38.5 Å². The molecular weight excluding hydrogens is 309 g/mol. The molecule has 1 atom stereocenters. The number of rotatable bonds is 1. The number of halogens is 3. The van der Waals surface area contributed by atoms with Gasteiger partial charge in [-0.1, -0.05) is 12.1 Å². The van der Waals surface area contributed by atoms with E-state index in [2.05, 4.69) is 5.32 Å². The highest BCUT2D eigenvalue weighted by Crippen LogP contribution is 2.30. The molecule has 128 valence electrons. The molecule has 1 fully saturated rings. The Morgan fingerprint density at radius 2 is 1.83 bits per heavy atom. The van der Waals surface area contributed by atoms with Crippen molar-refractivity contribution in [2.24, 2.45) is 0 Å². The average Bonchev–Trinajstić information content (AvgIpc) is 2.45. The van der Waals surface area contributed by atoms with Crippen molar-refractivity contribution in [3.63, 3.8) is 0 Å². The van der Waals surface area contributed by atoms with Gasteiger partial charge in [0, 0.05) is 19.6 Å². The van der Waals surface area contributed by atoms with Crippen LogP contribution < -0.4 is 5.32 Å². The third-order valence-electron chi connectivity index (χ3n) is 3.47. The summed E-state index contributed by atoms with van der Waals surface area (Å²) in [5.74, 6) is 0. The van der Waals surface area contributed by atoms with E-state index in [0.717, 1.165) is 12.1 Å². The fourth-order valence-corrected chi connectivity index (χ4v) is 2.37. The lowest BCUT2D eigenvalue weighted by molar-refractivity contribution is -0.137. The number of carbonyl (C=O) groups excluding carboxylic acids is 1. The molecule has 1 aliphatic rings. The number of benzene rings is 1. The predicted octanol–water partition coefficient (Wildman–Crippen LogP) is 3.59. The maximum absolute atomic E-state index is 12.6. The Balaban J connectivity index is 2.05. The van der Waals surface area contributed by atoms with Crippen LogP contribution in [0.4, 0.5) is 18.0 Å². The minimum Gasteiger partial charge on any atom is -0.444 e. The molecule has 0 bridgehead atoms. The first-order valence-corrected chi connectivity index (χ1v) is 7.45. The van der Waals surface area contributed by atoms with E-state index in [1.165, 1.54) is 12.1 Å². The van der Waals surface area contributed by atoms with Crippen molar-refractivity contribution in [1.82, 2.24) is 10.2 Å². The smallest absolute Gasteiger partial charge is 0.416 e. The summed E-state index contributed by atoms with van der Waals surface area (Å²) in [6.45, 7) is 6.80. The summed E-state index contributed by atoms with van der Waals surface area (Å²) in [5.41, 5.74) is -0.543. The van der Waals surface area contributed by atoms with Crippen LogP contribution >= 0.6 is 0 Å². The number of alkyl halides is 3. The van der Waals surface area contributed by atoms with Crippen LogP contribution in [0.1, 0.15) is 37.9 Å². The number of nitrogens with one attached hydrogen (secondary N) is 1. The van der Waals surface area contributed by atoms with Gasteiger partial charge in [0.25, 0.3) is 0 Å². The molecule has 2 rings (SSSR count). The number of hydrogen-bond acceptors (Lipinski definition) is 3. The first-order valence-electron chi connectivity index (χ1n) is 7.45. The van der Waals surface area contributed by atoms with Gasteiger partial charge in [0.15, 0.2) is 0 Å². The largest absolute Gasteiger partial charge is 0.444 e. The highest BCUT2D eigenvalue weighted by atomic mass is 19.4. The standard InChI is InChI=1S/C16H21F3N2O2/c1-15(2,3)23-14(22)21-9-8-20-13(10-21)11-4-6-12(7-5-11)16(17,18)19/h4-7,13,20H,8-10H2,1-3H3/t13-/m1/s1. The van der Waals surface area contributed by atoms with E-state index < -0.39 is 23.4 Å². The third-order valence-corrected chi connectivity index (χ3v) is 3.47. The average molecular weight is 330 g/mol. The van der Waals surface area contributed by atoms with Crippen molar-refractivity contribution in [3.8, 4) is 0 Å². The van der Waals surface area contributed by atoms with Crippen LogP contribution in [0.5, 0.6) is 0 Å². The second-order valence-corrected chi connectivity index (χ2v) is 6.55. The number of amides is 1. The zero-order chi connectivity index (χ0) is 17.3. The maximum atomic E-state index is 12.6. The molecule has 0 unspecified atom stereocenters. The predicted molar refractivity (Wildman–Crippen MR) is 80.0 cm³/mol. The van der Waals surface area contributed by atoms with Gasteiger partial charge in [-0.15, -0.1) is 0 Å². The molecule has 4 nitrogen and oxygen atoms in total. The van der Waals surface area contributed by atoms with Gasteiger partial charge in [-0.25, -0.2) is 4.79 Å². The van der Waals surface area contributed by atoms with Gasteiger partial charge in [0.05, 0.1) is 11.6 Å². The Morgan fingerprint density at radius 1 is 1.22 bits per heavy atom. The minimum atomic E-state index is -4.35. The summed E-state index contributed by atoms with van der Waals surface area (Å²) in [6, 6.07) is 4.80. The molecule has 1 aromatic carbocycles. The first kappa shape index (κ1) is 17.6. The lowest BCUT2D eigenvalue weighted by atomic mass is 10.0. The maximum Gasteiger partial charge on any atom is 0.416 e. The molecule has 0 aromatic heterocycles. The number of nitrogens with zero attached hydrogens (tertiary/aromatic N) is 1. The third kappa shape index (κ3) is 4.86. The number of carbonyl (C=O) groups is 1. The van der Waals surface area contributed by atoms with E-state index in [1.807, 2.05) is 0 Å². The number of ether oxygens (including phenoxy) is 1. The fraction of sp³-hybridized carbons (Fsp3) is 0.562. The summed E-state index contributed by atoms with van der Waals surface area (Å²) in [7, 11) is 0. The minimum absolute atomic E-state index is 0.210. The molecule has 0 radical (unpaired) electrons. The molecular formula is C16H21F3N2O2. The summed E-state index contributed by atoms with van der Waals surface area (Å²) in [5, 5.41) is 3.21. The van der Waals surface area contributed by atoms with Gasteiger partial charge in [-0.3, -0.25) is 0 Å². The molecule has 0 aliphatic carbocycles. The number of hydrogen-bond donors (Lipinski definition) is 1. The van der Waals surface area contributed by atoms with Crippen molar-refractivity contribution < 1.29 is 22.7 Å². The Labute approximate surface area is 133 Å². The fourth-order valence-electron chi connectivity index (χ4n) is 2.37. The second kappa shape index (κ2) is 6.39. The van der Waals surface area contributed by atoms with E-state index in [4.69, 9.17) is 4.74 Å². The van der Waals surface area contributed by atoms with Crippen LogP contribution in [0, 0.1) is 0 Å². The summed E-state index contributed by atoms with van der Waals surface area (Å²) in [4.78, 5) is 13.7. The lowest BCUT2D eigenvalue weighted by Gasteiger charge is -2.35. The molecule has 1 saturated heterocycles. The van der Waals surface area contributed by atoms with Crippen molar-refractivity contribution in [2.45, 2.75) is 38.6 Å². The topological polar surface area (TPSA) is 41.6 Å². The summed E-state index contributed by atoms with van der Waals surface area (Å²) in [6.07, 6.45) is -4.75. The summed E-state index contributed by atoms with van der Waals surface area (Å²) >= 11 is 0. The van der Waals surface area contributed by atoms with Gasteiger partial charge < -0.3 is 15.0 Å². The van der Waals surface area contributed by atoms with Crippen LogP contribution in [0.2, 0.25) is 0 Å². The van der Waals surface area contributed by atoms with Crippen molar-refractivity contribution >= 4 is 6.09 Å². The van der Waals surface area contributed by atoms with Crippen molar-refractivity contribution in [3.05, 3.63) is 35.4 Å². The quantitative estimate of drug-likeness (QED) is 0.856. The lowest BCUT2D eigenvalue weighted by Crippen LogP contribution is -2.49. The normalized spacial score (nSPS) is 19.6. The molecule has 1 N–H and O–H groups in total. The van der Waals surface area contributed by atoms with E-state index >= 15 is 0 Å². The molecule has 7 heteroatoms. The Morgan fingerprint density at radius 3 is 2.35 bits per heavy atom.